The molecule has 4 heteroatoms. The van der Waals surface area contributed by atoms with E-state index in [1.807, 2.05) is 0 Å². The van der Waals surface area contributed by atoms with Gasteiger partial charge in [0.25, 0.3) is 0 Å². The van der Waals surface area contributed by atoms with E-state index in [0.29, 0.717) is 0 Å². The predicted octanol–water partition coefficient (Wildman–Crippen LogP) is 2.80. The maximum Gasteiger partial charge on any atom is 0.345 e. The number of aliphatic carboxylic acids is 1. The molecule has 1 N–H and O–H groups in total. The largest absolute Gasteiger partial charge is 0.477 e. The fraction of sp³-hybridized carbons (Fsp3) is 0. The molecule has 0 aromatic heterocycles. The molecule has 1 aromatic rings. The van der Waals surface area contributed by atoms with Crippen LogP contribution in [-0.2, 0) is 4.79 Å². The third-order valence-corrected chi connectivity index (χ3v) is 2.10. The van der Waals surface area contributed by atoms with E-state index in [0.717, 1.165) is 0 Å². The Labute approximate surface area is 82.8 Å². The van der Waals surface area contributed by atoms with E-state index < -0.39 is 16.3 Å². The molecular formula is C9H6BrFO2. The fourth-order valence-corrected chi connectivity index (χ4v) is 1.03. The van der Waals surface area contributed by atoms with E-state index >= 15 is 0 Å². The highest BCUT2D eigenvalue weighted by atomic mass is 79.9. The number of carboxylic acids is 1. The smallest absolute Gasteiger partial charge is 0.345 e. The molecule has 0 saturated carbocycles. The van der Waals surface area contributed by atoms with Crippen LogP contribution < -0.4 is 0 Å². The normalized spacial score (nSPS) is 12.2. The third-order valence-electron chi connectivity index (χ3n) is 1.41. The van der Waals surface area contributed by atoms with Gasteiger partial charge in [0.2, 0.25) is 0 Å². The summed E-state index contributed by atoms with van der Waals surface area (Å²) in [4.78, 5) is 10.4. The lowest BCUT2D eigenvalue weighted by molar-refractivity contribution is -0.131. The van der Waals surface area contributed by atoms with Crippen LogP contribution in [0.3, 0.4) is 0 Å². The number of hydrogen-bond acceptors (Lipinski definition) is 1. The maximum atomic E-state index is 13.2. The molecule has 0 unspecified atom stereocenters. The van der Waals surface area contributed by atoms with Crippen molar-refractivity contribution in [2.75, 3.05) is 0 Å². The van der Waals surface area contributed by atoms with Crippen molar-refractivity contribution in [1.82, 2.24) is 0 Å². The van der Waals surface area contributed by atoms with Gasteiger partial charge in [-0.25, -0.2) is 9.18 Å². The first kappa shape index (κ1) is 9.92. The minimum atomic E-state index is -1.32. The molecule has 2 nitrogen and oxygen atoms in total. The average Bonchev–Trinajstić information content (AvgIpc) is 2.17. The summed E-state index contributed by atoms with van der Waals surface area (Å²) in [5.41, 5.74) is 0.247. The lowest BCUT2D eigenvalue weighted by Gasteiger charge is -1.97. The molecule has 0 aliphatic rings. The maximum absolute atomic E-state index is 13.2. The average molecular weight is 245 g/mol. The number of carboxylic acid groups (broad SMARTS) is 1. The first-order valence-electron chi connectivity index (χ1n) is 3.47. The van der Waals surface area contributed by atoms with Crippen LogP contribution in [0.1, 0.15) is 5.56 Å². The minimum Gasteiger partial charge on any atom is -0.477 e. The molecule has 0 amide bonds. The highest BCUT2D eigenvalue weighted by Gasteiger charge is 2.12. The Bertz CT molecular complexity index is 346. The Morgan fingerprint density at radius 1 is 1.31 bits per heavy atom. The SMILES string of the molecule is O=C(O)/C(Br)=C(\F)c1ccccc1. The van der Waals surface area contributed by atoms with E-state index in [9.17, 15) is 9.18 Å². The minimum absolute atomic E-state index is 0.247. The number of rotatable bonds is 2. The number of halogens is 2. The van der Waals surface area contributed by atoms with Gasteiger partial charge in [0.1, 0.15) is 4.48 Å². The van der Waals surface area contributed by atoms with Crippen LogP contribution in [0.25, 0.3) is 5.83 Å². The molecule has 0 saturated heterocycles. The van der Waals surface area contributed by atoms with Gasteiger partial charge in [0, 0.05) is 5.56 Å². The van der Waals surface area contributed by atoms with Crippen LogP contribution in [0.4, 0.5) is 4.39 Å². The molecule has 68 valence electrons. The molecule has 1 rings (SSSR count). The summed E-state index contributed by atoms with van der Waals surface area (Å²) in [6.45, 7) is 0. The molecule has 0 aliphatic carbocycles. The monoisotopic (exact) mass is 244 g/mol. The second-order valence-corrected chi connectivity index (χ2v) is 3.09. The fourth-order valence-electron chi connectivity index (χ4n) is 0.805. The van der Waals surface area contributed by atoms with Gasteiger partial charge >= 0.3 is 5.97 Å². The zero-order valence-corrected chi connectivity index (χ0v) is 8.08. The zero-order valence-electron chi connectivity index (χ0n) is 6.50. The van der Waals surface area contributed by atoms with E-state index in [4.69, 9.17) is 5.11 Å². The van der Waals surface area contributed by atoms with Gasteiger partial charge in [0.15, 0.2) is 5.83 Å². The number of hydrogen-bond donors (Lipinski definition) is 1. The Hall–Kier alpha value is -1.16. The second kappa shape index (κ2) is 4.18. The molecule has 1 aromatic carbocycles. The Morgan fingerprint density at radius 3 is 2.31 bits per heavy atom. The zero-order chi connectivity index (χ0) is 9.84. The lowest BCUT2D eigenvalue weighted by atomic mass is 10.2. The van der Waals surface area contributed by atoms with Gasteiger partial charge in [0.05, 0.1) is 0 Å². The van der Waals surface area contributed by atoms with Crippen molar-refractivity contribution in [2.45, 2.75) is 0 Å². The van der Waals surface area contributed by atoms with Crippen molar-refractivity contribution < 1.29 is 14.3 Å². The van der Waals surface area contributed by atoms with E-state index in [-0.39, 0.29) is 5.56 Å². The summed E-state index contributed by atoms with van der Waals surface area (Å²) in [6.07, 6.45) is 0. The van der Waals surface area contributed by atoms with Gasteiger partial charge in [-0.1, -0.05) is 30.3 Å². The van der Waals surface area contributed by atoms with Crippen molar-refractivity contribution in [2.24, 2.45) is 0 Å². The molecule has 0 radical (unpaired) electrons. The van der Waals surface area contributed by atoms with Gasteiger partial charge in [-0.05, 0) is 15.9 Å². The van der Waals surface area contributed by atoms with Crippen LogP contribution in [0.2, 0.25) is 0 Å². The molecule has 0 fully saturated rings. The Morgan fingerprint density at radius 2 is 1.85 bits per heavy atom. The van der Waals surface area contributed by atoms with Gasteiger partial charge in [-0.2, -0.15) is 0 Å². The molecular weight excluding hydrogens is 239 g/mol. The Balaban J connectivity index is 3.11. The van der Waals surface area contributed by atoms with Crippen molar-refractivity contribution in [3.63, 3.8) is 0 Å². The summed E-state index contributed by atoms with van der Waals surface area (Å²) in [5.74, 6) is -2.09. The molecule has 13 heavy (non-hydrogen) atoms. The molecule has 0 bridgehead atoms. The third kappa shape index (κ3) is 2.39. The summed E-state index contributed by atoms with van der Waals surface area (Å²) in [6, 6.07) is 8.00. The predicted molar refractivity (Wildman–Crippen MR) is 51.0 cm³/mol. The van der Waals surface area contributed by atoms with Crippen molar-refractivity contribution in [3.05, 3.63) is 40.4 Å². The highest BCUT2D eigenvalue weighted by Crippen LogP contribution is 2.23. The van der Waals surface area contributed by atoms with Crippen LogP contribution >= 0.6 is 15.9 Å². The summed E-state index contributed by atoms with van der Waals surface area (Å²) in [7, 11) is 0. The van der Waals surface area contributed by atoms with Crippen molar-refractivity contribution in [3.8, 4) is 0 Å². The summed E-state index contributed by atoms with van der Waals surface area (Å²) in [5, 5.41) is 8.47. The Kier molecular flexibility index (Phi) is 3.19. The molecule has 0 heterocycles. The standard InChI is InChI=1S/C9H6BrFO2/c10-7(9(12)13)8(11)6-4-2-1-3-5-6/h1-5H,(H,12,13)/b8-7+. The summed E-state index contributed by atoms with van der Waals surface area (Å²) < 4.78 is 12.8. The molecule has 0 aliphatic heterocycles. The van der Waals surface area contributed by atoms with Gasteiger partial charge < -0.3 is 5.11 Å². The second-order valence-electron chi connectivity index (χ2n) is 2.30. The quantitative estimate of drug-likeness (QED) is 0.813. The molecule has 0 atom stereocenters. The summed E-state index contributed by atoms with van der Waals surface area (Å²) >= 11 is 2.65. The first-order valence-corrected chi connectivity index (χ1v) is 4.26. The van der Waals surface area contributed by atoms with E-state index in [2.05, 4.69) is 15.9 Å². The lowest BCUT2D eigenvalue weighted by Crippen LogP contribution is -1.95. The van der Waals surface area contributed by atoms with Crippen LogP contribution in [0, 0.1) is 0 Å². The topological polar surface area (TPSA) is 37.3 Å². The number of carbonyl (C=O) groups is 1. The van der Waals surface area contributed by atoms with Gasteiger partial charge in [-0.15, -0.1) is 0 Å². The van der Waals surface area contributed by atoms with Gasteiger partial charge in [-0.3, -0.25) is 0 Å². The highest BCUT2D eigenvalue weighted by molar-refractivity contribution is 9.12. The van der Waals surface area contributed by atoms with E-state index in [1.54, 1.807) is 18.2 Å². The van der Waals surface area contributed by atoms with Crippen LogP contribution in [-0.4, -0.2) is 11.1 Å². The van der Waals surface area contributed by atoms with Crippen LogP contribution in [0.5, 0.6) is 0 Å². The first-order chi connectivity index (χ1) is 6.13. The number of benzene rings is 1. The van der Waals surface area contributed by atoms with Crippen molar-refractivity contribution in [1.29, 1.82) is 0 Å². The van der Waals surface area contributed by atoms with Crippen molar-refractivity contribution >= 4 is 27.7 Å². The van der Waals surface area contributed by atoms with E-state index in [1.165, 1.54) is 12.1 Å². The molecule has 0 spiro atoms. The van der Waals surface area contributed by atoms with Crippen LogP contribution in [0.15, 0.2) is 34.8 Å².